The van der Waals surface area contributed by atoms with Crippen LogP contribution in [0.5, 0.6) is 0 Å². The summed E-state index contributed by atoms with van der Waals surface area (Å²) >= 11 is 3.45. The van der Waals surface area contributed by atoms with Gasteiger partial charge >= 0.3 is 0 Å². The SMILES string of the molecule is CCc1ccsc1CNc1nc2ccc(N)cc2s1. The predicted octanol–water partition coefficient (Wildman–Crippen LogP) is 4.11. The van der Waals surface area contributed by atoms with Gasteiger partial charge < -0.3 is 11.1 Å². The summed E-state index contributed by atoms with van der Waals surface area (Å²) in [7, 11) is 0. The van der Waals surface area contributed by atoms with Crippen LogP contribution < -0.4 is 11.1 Å². The Kier molecular flexibility index (Phi) is 3.40. The molecular weight excluding hydrogens is 274 g/mol. The van der Waals surface area contributed by atoms with Gasteiger partial charge in [0, 0.05) is 10.6 Å². The number of aryl methyl sites for hydroxylation is 1. The van der Waals surface area contributed by atoms with Gasteiger partial charge in [0.15, 0.2) is 5.13 Å². The number of thiophene rings is 1. The summed E-state index contributed by atoms with van der Waals surface area (Å²) < 4.78 is 1.13. The van der Waals surface area contributed by atoms with Gasteiger partial charge in [-0.2, -0.15) is 0 Å². The lowest BCUT2D eigenvalue weighted by molar-refractivity contribution is 1.08. The molecule has 3 rings (SSSR count). The lowest BCUT2D eigenvalue weighted by atomic mass is 10.2. The number of hydrogen-bond acceptors (Lipinski definition) is 5. The van der Waals surface area contributed by atoms with Crippen molar-refractivity contribution >= 4 is 43.7 Å². The average molecular weight is 289 g/mol. The smallest absolute Gasteiger partial charge is 0.184 e. The van der Waals surface area contributed by atoms with Gasteiger partial charge in [-0.1, -0.05) is 18.3 Å². The third-order valence-electron chi connectivity index (χ3n) is 3.03. The maximum absolute atomic E-state index is 5.78. The molecule has 0 radical (unpaired) electrons. The third kappa shape index (κ3) is 2.57. The Morgan fingerprint density at radius 2 is 2.21 bits per heavy atom. The number of thiazole rings is 1. The van der Waals surface area contributed by atoms with Crippen molar-refractivity contribution in [2.75, 3.05) is 11.1 Å². The highest BCUT2D eigenvalue weighted by Crippen LogP contribution is 2.28. The van der Waals surface area contributed by atoms with E-state index < -0.39 is 0 Å². The van der Waals surface area contributed by atoms with E-state index in [1.807, 2.05) is 18.2 Å². The van der Waals surface area contributed by atoms with Crippen LogP contribution in [-0.4, -0.2) is 4.98 Å². The molecule has 0 aliphatic heterocycles. The summed E-state index contributed by atoms with van der Waals surface area (Å²) in [6.45, 7) is 3.03. The fourth-order valence-corrected chi connectivity index (χ4v) is 3.84. The Hall–Kier alpha value is -1.59. The van der Waals surface area contributed by atoms with Crippen molar-refractivity contribution in [3.63, 3.8) is 0 Å². The first-order chi connectivity index (χ1) is 9.26. The summed E-state index contributed by atoms with van der Waals surface area (Å²) in [5.74, 6) is 0. The van der Waals surface area contributed by atoms with Crippen LogP contribution in [0, 0.1) is 0 Å². The molecule has 0 atom stereocenters. The number of nitrogens with two attached hydrogens (primary N) is 1. The zero-order valence-corrected chi connectivity index (χ0v) is 12.3. The minimum absolute atomic E-state index is 0.786. The van der Waals surface area contributed by atoms with Gasteiger partial charge in [-0.15, -0.1) is 11.3 Å². The van der Waals surface area contributed by atoms with Crippen molar-refractivity contribution in [2.45, 2.75) is 19.9 Å². The summed E-state index contributed by atoms with van der Waals surface area (Å²) in [6.07, 6.45) is 1.08. The molecule has 0 unspecified atom stereocenters. The molecule has 98 valence electrons. The molecule has 3 aromatic rings. The van der Waals surface area contributed by atoms with Gasteiger partial charge in [0.25, 0.3) is 0 Å². The molecule has 0 aliphatic rings. The number of anilines is 2. The summed E-state index contributed by atoms with van der Waals surface area (Å²) in [6, 6.07) is 8.02. The Bertz CT molecular complexity index is 700. The molecule has 3 nitrogen and oxygen atoms in total. The highest BCUT2D eigenvalue weighted by atomic mass is 32.1. The number of nitrogens with zero attached hydrogens (tertiary/aromatic N) is 1. The van der Waals surface area contributed by atoms with E-state index in [1.165, 1.54) is 10.4 Å². The largest absolute Gasteiger partial charge is 0.399 e. The molecule has 2 aromatic heterocycles. The van der Waals surface area contributed by atoms with Crippen LogP contribution in [0.3, 0.4) is 0 Å². The minimum Gasteiger partial charge on any atom is -0.399 e. The number of benzene rings is 1. The first kappa shape index (κ1) is 12.4. The number of hydrogen-bond donors (Lipinski definition) is 2. The van der Waals surface area contributed by atoms with Gasteiger partial charge in [0.2, 0.25) is 0 Å². The first-order valence-electron chi connectivity index (χ1n) is 6.21. The van der Waals surface area contributed by atoms with Crippen LogP contribution >= 0.6 is 22.7 Å². The van der Waals surface area contributed by atoms with Crippen molar-refractivity contribution in [2.24, 2.45) is 0 Å². The van der Waals surface area contributed by atoms with Crippen LogP contribution in [0.1, 0.15) is 17.4 Å². The van der Waals surface area contributed by atoms with E-state index in [0.29, 0.717) is 0 Å². The molecule has 19 heavy (non-hydrogen) atoms. The maximum Gasteiger partial charge on any atom is 0.184 e. The lowest BCUT2D eigenvalue weighted by Crippen LogP contribution is -1.98. The number of fused-ring (bicyclic) bond motifs is 1. The Labute approximate surface area is 120 Å². The van der Waals surface area contributed by atoms with Crippen molar-refractivity contribution < 1.29 is 0 Å². The molecule has 0 aliphatic carbocycles. The van der Waals surface area contributed by atoms with Crippen LogP contribution in [0.4, 0.5) is 10.8 Å². The van der Waals surface area contributed by atoms with E-state index in [4.69, 9.17) is 5.73 Å². The summed E-state index contributed by atoms with van der Waals surface area (Å²) in [5.41, 5.74) is 8.99. The normalized spacial score (nSPS) is 11.0. The Morgan fingerprint density at radius 3 is 3.05 bits per heavy atom. The van der Waals surface area contributed by atoms with E-state index >= 15 is 0 Å². The second-order valence-electron chi connectivity index (χ2n) is 4.32. The number of nitrogen functional groups attached to an aromatic ring is 1. The average Bonchev–Trinajstić information content (AvgIpc) is 3.01. The van der Waals surface area contributed by atoms with E-state index in [9.17, 15) is 0 Å². The molecule has 5 heteroatoms. The second-order valence-corrected chi connectivity index (χ2v) is 6.35. The molecule has 1 aromatic carbocycles. The lowest BCUT2D eigenvalue weighted by Gasteiger charge is -2.02. The molecule has 3 N–H and O–H groups in total. The third-order valence-corrected chi connectivity index (χ3v) is 4.97. The quantitative estimate of drug-likeness (QED) is 0.710. The Morgan fingerprint density at radius 1 is 1.32 bits per heavy atom. The van der Waals surface area contributed by atoms with Crippen molar-refractivity contribution in [3.05, 3.63) is 40.1 Å². The fourth-order valence-electron chi connectivity index (χ4n) is 2.01. The monoisotopic (exact) mass is 289 g/mol. The summed E-state index contributed by atoms with van der Waals surface area (Å²) in [5, 5.41) is 6.51. The van der Waals surface area contributed by atoms with E-state index in [-0.39, 0.29) is 0 Å². The molecule has 2 heterocycles. The van der Waals surface area contributed by atoms with Crippen molar-refractivity contribution in [1.29, 1.82) is 0 Å². The van der Waals surface area contributed by atoms with Gasteiger partial charge in [-0.25, -0.2) is 4.98 Å². The van der Waals surface area contributed by atoms with Gasteiger partial charge in [0.05, 0.1) is 16.8 Å². The number of nitrogens with one attached hydrogen (secondary N) is 1. The minimum atomic E-state index is 0.786. The molecular formula is C14H15N3S2. The highest BCUT2D eigenvalue weighted by Gasteiger charge is 2.06. The fraction of sp³-hybridized carbons (Fsp3) is 0.214. The first-order valence-corrected chi connectivity index (χ1v) is 7.91. The zero-order chi connectivity index (χ0) is 13.2. The van der Waals surface area contributed by atoms with Crippen molar-refractivity contribution in [3.8, 4) is 0 Å². The van der Waals surface area contributed by atoms with Gasteiger partial charge in [-0.3, -0.25) is 0 Å². The van der Waals surface area contributed by atoms with Crippen LogP contribution in [0.2, 0.25) is 0 Å². The molecule has 0 saturated carbocycles. The van der Waals surface area contributed by atoms with Crippen LogP contribution in [0.25, 0.3) is 10.2 Å². The van der Waals surface area contributed by atoms with E-state index in [2.05, 4.69) is 28.7 Å². The van der Waals surface area contributed by atoms with Crippen LogP contribution in [0.15, 0.2) is 29.6 Å². The molecule has 0 spiro atoms. The summed E-state index contributed by atoms with van der Waals surface area (Å²) in [4.78, 5) is 5.96. The number of aromatic nitrogens is 1. The second kappa shape index (κ2) is 5.19. The molecule has 0 bridgehead atoms. The predicted molar refractivity (Wildman–Crippen MR) is 85.1 cm³/mol. The van der Waals surface area contributed by atoms with E-state index in [0.717, 1.165) is 34.0 Å². The van der Waals surface area contributed by atoms with Gasteiger partial charge in [0.1, 0.15) is 0 Å². The molecule has 0 saturated heterocycles. The molecule has 0 fully saturated rings. The zero-order valence-electron chi connectivity index (χ0n) is 10.6. The topological polar surface area (TPSA) is 50.9 Å². The van der Waals surface area contributed by atoms with Crippen LogP contribution in [-0.2, 0) is 13.0 Å². The van der Waals surface area contributed by atoms with E-state index in [1.54, 1.807) is 22.7 Å². The van der Waals surface area contributed by atoms with Gasteiger partial charge in [-0.05, 0) is 41.6 Å². The number of rotatable bonds is 4. The molecule has 0 amide bonds. The maximum atomic E-state index is 5.78. The highest BCUT2D eigenvalue weighted by molar-refractivity contribution is 7.22. The standard InChI is InChI=1S/C14H15N3S2/c1-2-9-5-6-18-13(9)8-16-14-17-11-4-3-10(15)7-12(11)19-14/h3-7H,2,8,15H2,1H3,(H,16,17). The van der Waals surface area contributed by atoms with Crippen molar-refractivity contribution in [1.82, 2.24) is 4.98 Å². The Balaban J connectivity index is 1.78.